The summed E-state index contributed by atoms with van der Waals surface area (Å²) in [5.74, 6) is -0.114. The van der Waals surface area contributed by atoms with Crippen LogP contribution >= 0.6 is 0 Å². The molecular weight excluding hydrogens is 413 g/mol. The third-order valence-corrected chi connectivity index (χ3v) is 7.50. The first kappa shape index (κ1) is 21.0. The molecule has 2 aliphatic rings. The Kier molecular flexibility index (Phi) is 5.90. The van der Waals surface area contributed by atoms with Crippen molar-refractivity contribution in [2.24, 2.45) is 0 Å². The SMILES string of the molecule is Cc1oc(C2CCN(S(=O)(=O)c3ccccc3F)CC2)nc1C(=O)N1CCOCC1. The molecule has 1 aromatic heterocycles. The average molecular weight is 437 g/mol. The van der Waals surface area contributed by atoms with Gasteiger partial charge in [0.25, 0.3) is 5.91 Å². The van der Waals surface area contributed by atoms with Gasteiger partial charge in [0.05, 0.1) is 13.2 Å². The second-order valence-electron chi connectivity index (χ2n) is 7.47. The van der Waals surface area contributed by atoms with E-state index in [0.29, 0.717) is 56.5 Å². The van der Waals surface area contributed by atoms with E-state index in [1.54, 1.807) is 11.8 Å². The number of oxazole rings is 1. The molecule has 0 aliphatic carbocycles. The minimum Gasteiger partial charge on any atom is -0.445 e. The normalized spacial score (nSPS) is 19.2. The highest BCUT2D eigenvalue weighted by molar-refractivity contribution is 7.89. The lowest BCUT2D eigenvalue weighted by molar-refractivity contribution is 0.0298. The van der Waals surface area contributed by atoms with Gasteiger partial charge in [0, 0.05) is 32.1 Å². The fourth-order valence-electron chi connectivity index (χ4n) is 3.84. The maximum Gasteiger partial charge on any atom is 0.276 e. The van der Waals surface area contributed by atoms with Gasteiger partial charge < -0.3 is 14.1 Å². The molecule has 2 aliphatic heterocycles. The highest BCUT2D eigenvalue weighted by atomic mass is 32.2. The number of aromatic nitrogens is 1. The Morgan fingerprint density at radius 2 is 1.80 bits per heavy atom. The predicted molar refractivity (Wildman–Crippen MR) is 105 cm³/mol. The number of rotatable bonds is 4. The molecule has 4 rings (SSSR count). The molecule has 0 spiro atoms. The molecule has 3 heterocycles. The van der Waals surface area contributed by atoms with Crippen molar-refractivity contribution in [3.8, 4) is 0 Å². The van der Waals surface area contributed by atoms with Gasteiger partial charge in [-0.2, -0.15) is 4.31 Å². The summed E-state index contributed by atoms with van der Waals surface area (Å²) in [4.78, 5) is 18.5. The molecule has 10 heteroatoms. The third-order valence-electron chi connectivity index (χ3n) is 5.57. The van der Waals surface area contributed by atoms with Gasteiger partial charge in [0.15, 0.2) is 11.6 Å². The predicted octanol–water partition coefficient (Wildman–Crippen LogP) is 2.16. The first-order valence-electron chi connectivity index (χ1n) is 9.97. The number of hydrogen-bond acceptors (Lipinski definition) is 6. The third kappa shape index (κ3) is 3.99. The second-order valence-corrected chi connectivity index (χ2v) is 9.38. The summed E-state index contributed by atoms with van der Waals surface area (Å²) in [7, 11) is -3.89. The number of nitrogens with zero attached hydrogens (tertiary/aromatic N) is 3. The Hall–Kier alpha value is -2.30. The number of sulfonamides is 1. The van der Waals surface area contributed by atoms with Gasteiger partial charge in [-0.15, -0.1) is 0 Å². The second kappa shape index (κ2) is 8.44. The Labute approximate surface area is 174 Å². The van der Waals surface area contributed by atoms with Crippen LogP contribution in [0.5, 0.6) is 0 Å². The van der Waals surface area contributed by atoms with Crippen molar-refractivity contribution in [2.75, 3.05) is 39.4 Å². The van der Waals surface area contributed by atoms with Gasteiger partial charge in [0.2, 0.25) is 10.0 Å². The quantitative estimate of drug-likeness (QED) is 0.728. The Balaban J connectivity index is 1.45. The van der Waals surface area contributed by atoms with Crippen LogP contribution in [0, 0.1) is 12.7 Å². The van der Waals surface area contributed by atoms with Crippen LogP contribution in [-0.4, -0.2) is 67.9 Å². The van der Waals surface area contributed by atoms with Crippen molar-refractivity contribution in [3.63, 3.8) is 0 Å². The van der Waals surface area contributed by atoms with E-state index in [0.717, 1.165) is 6.07 Å². The van der Waals surface area contributed by atoms with E-state index in [1.807, 2.05) is 0 Å². The van der Waals surface area contributed by atoms with Gasteiger partial charge >= 0.3 is 0 Å². The first-order chi connectivity index (χ1) is 14.4. The molecule has 162 valence electrons. The maximum atomic E-state index is 14.0. The lowest BCUT2D eigenvalue weighted by atomic mass is 9.98. The molecular formula is C20H24FN3O5S. The average Bonchev–Trinajstić information content (AvgIpc) is 3.15. The Morgan fingerprint density at radius 1 is 1.13 bits per heavy atom. The first-order valence-corrected chi connectivity index (χ1v) is 11.4. The number of carbonyl (C=O) groups is 1. The summed E-state index contributed by atoms with van der Waals surface area (Å²) in [6.45, 7) is 4.22. The highest BCUT2D eigenvalue weighted by Crippen LogP contribution is 2.32. The van der Waals surface area contributed by atoms with Crippen LogP contribution in [-0.2, 0) is 14.8 Å². The van der Waals surface area contributed by atoms with Crippen LogP contribution in [0.3, 0.4) is 0 Å². The van der Waals surface area contributed by atoms with Gasteiger partial charge in [0.1, 0.15) is 16.5 Å². The van der Waals surface area contributed by atoms with Gasteiger partial charge in [-0.05, 0) is 31.9 Å². The molecule has 2 aromatic rings. The number of morpholine rings is 1. The summed E-state index contributed by atoms with van der Waals surface area (Å²) in [5.41, 5.74) is 0.299. The molecule has 0 unspecified atom stereocenters. The monoisotopic (exact) mass is 437 g/mol. The van der Waals surface area contributed by atoms with Crippen molar-refractivity contribution in [3.05, 3.63) is 47.4 Å². The van der Waals surface area contributed by atoms with Crippen molar-refractivity contribution < 1.29 is 26.8 Å². The van der Waals surface area contributed by atoms with Crippen LogP contribution in [0.1, 0.15) is 40.9 Å². The van der Waals surface area contributed by atoms with Crippen LogP contribution in [0.15, 0.2) is 33.6 Å². The molecule has 0 atom stereocenters. The molecule has 2 saturated heterocycles. The Morgan fingerprint density at radius 3 is 2.47 bits per heavy atom. The smallest absolute Gasteiger partial charge is 0.276 e. The maximum absolute atomic E-state index is 14.0. The zero-order chi connectivity index (χ0) is 21.3. The van der Waals surface area contributed by atoms with E-state index < -0.39 is 15.8 Å². The number of benzene rings is 1. The zero-order valence-electron chi connectivity index (χ0n) is 16.7. The summed E-state index contributed by atoms with van der Waals surface area (Å²) >= 11 is 0. The van der Waals surface area contributed by atoms with E-state index in [1.165, 1.54) is 22.5 Å². The van der Waals surface area contributed by atoms with Gasteiger partial charge in [-0.1, -0.05) is 12.1 Å². The lowest BCUT2D eigenvalue weighted by Gasteiger charge is -2.29. The number of carbonyl (C=O) groups excluding carboxylic acids is 1. The Bertz CT molecular complexity index is 1020. The molecule has 0 N–H and O–H groups in total. The molecule has 8 nitrogen and oxygen atoms in total. The van der Waals surface area contributed by atoms with Crippen LogP contribution < -0.4 is 0 Å². The van der Waals surface area contributed by atoms with Gasteiger partial charge in [-0.25, -0.2) is 17.8 Å². The summed E-state index contributed by atoms with van der Waals surface area (Å²) in [5, 5.41) is 0. The standard InChI is InChI=1S/C20H24FN3O5S/c1-14-18(20(25)23-10-12-28-13-11-23)22-19(29-14)15-6-8-24(9-7-15)30(26,27)17-5-3-2-4-16(17)21/h2-5,15H,6-13H2,1H3. The largest absolute Gasteiger partial charge is 0.445 e. The number of hydrogen-bond donors (Lipinski definition) is 0. The zero-order valence-corrected chi connectivity index (χ0v) is 17.5. The van der Waals surface area contributed by atoms with E-state index >= 15 is 0 Å². The highest BCUT2D eigenvalue weighted by Gasteiger charge is 2.34. The minimum absolute atomic E-state index is 0.0954. The minimum atomic E-state index is -3.89. The molecule has 0 radical (unpaired) electrons. The van der Waals surface area contributed by atoms with E-state index in [-0.39, 0.29) is 29.8 Å². The van der Waals surface area contributed by atoms with Crippen LogP contribution in [0.25, 0.3) is 0 Å². The molecule has 0 bridgehead atoms. The summed E-state index contributed by atoms with van der Waals surface area (Å²) in [6.07, 6.45) is 0.970. The van der Waals surface area contributed by atoms with E-state index in [4.69, 9.17) is 9.15 Å². The van der Waals surface area contributed by atoms with E-state index in [9.17, 15) is 17.6 Å². The van der Waals surface area contributed by atoms with E-state index in [2.05, 4.69) is 4.98 Å². The topological polar surface area (TPSA) is 93.0 Å². The molecule has 30 heavy (non-hydrogen) atoms. The summed E-state index contributed by atoms with van der Waals surface area (Å²) in [6, 6.07) is 5.38. The van der Waals surface area contributed by atoms with Crippen molar-refractivity contribution in [1.29, 1.82) is 0 Å². The summed E-state index contributed by atoms with van der Waals surface area (Å²) < 4.78 is 51.8. The van der Waals surface area contributed by atoms with Crippen molar-refractivity contribution in [1.82, 2.24) is 14.2 Å². The van der Waals surface area contributed by atoms with Crippen molar-refractivity contribution >= 4 is 15.9 Å². The lowest BCUT2D eigenvalue weighted by Crippen LogP contribution is -2.41. The number of amides is 1. The number of piperidine rings is 1. The van der Waals surface area contributed by atoms with Crippen LogP contribution in [0.2, 0.25) is 0 Å². The molecule has 0 saturated carbocycles. The fraction of sp³-hybridized carbons (Fsp3) is 0.500. The van der Waals surface area contributed by atoms with Crippen molar-refractivity contribution in [2.45, 2.75) is 30.6 Å². The van der Waals surface area contributed by atoms with Crippen LogP contribution in [0.4, 0.5) is 4.39 Å². The number of aryl methyl sites for hydroxylation is 1. The molecule has 2 fully saturated rings. The number of ether oxygens (including phenoxy) is 1. The molecule has 1 amide bonds. The fourth-order valence-corrected chi connectivity index (χ4v) is 5.38. The molecule has 1 aromatic carbocycles. The number of halogens is 1. The van der Waals surface area contributed by atoms with Gasteiger partial charge in [-0.3, -0.25) is 4.79 Å².